The van der Waals surface area contributed by atoms with Crippen LogP contribution in [0.3, 0.4) is 0 Å². The summed E-state index contributed by atoms with van der Waals surface area (Å²) in [5.41, 5.74) is 0. The fourth-order valence-corrected chi connectivity index (χ4v) is 0.754. The number of phosphoric acid groups is 1. The maximum absolute atomic E-state index is 11.7. The molecule has 0 bridgehead atoms. The van der Waals surface area contributed by atoms with Crippen LogP contribution in [0.25, 0.3) is 0 Å². The Bertz CT molecular complexity index is 141. The molecule has 0 aromatic heterocycles. The zero-order valence-electron chi connectivity index (χ0n) is 5.68. The highest BCUT2D eigenvalue weighted by molar-refractivity contribution is 7.46. The van der Waals surface area contributed by atoms with E-state index in [2.05, 4.69) is 4.52 Å². The van der Waals surface area contributed by atoms with Crippen LogP contribution in [0.2, 0.25) is 0 Å². The molecule has 68 valence electrons. The number of phosphoric ester groups is 1. The highest BCUT2D eigenvalue weighted by Crippen LogP contribution is 2.36. The van der Waals surface area contributed by atoms with E-state index in [1.165, 1.54) is 0 Å². The second-order valence-corrected chi connectivity index (χ2v) is 3.23. The Hall–Kier alpha value is -0.0000000000000000555. The highest BCUT2D eigenvalue weighted by atomic mass is 31.2. The molecule has 11 heavy (non-hydrogen) atoms. The first-order valence-electron chi connectivity index (χ1n) is 2.86. The molecule has 0 fully saturated rings. The van der Waals surface area contributed by atoms with Crippen molar-refractivity contribution in [3.8, 4) is 0 Å². The van der Waals surface area contributed by atoms with Crippen LogP contribution in [0.1, 0.15) is 0 Å². The quantitative estimate of drug-likeness (QED) is 0.514. The van der Waals surface area contributed by atoms with Gasteiger partial charge in [0.2, 0.25) is 0 Å². The summed E-state index contributed by atoms with van der Waals surface area (Å²) in [7, 11) is -4.52. The summed E-state index contributed by atoms with van der Waals surface area (Å²) >= 11 is 0. The Morgan fingerprint density at radius 1 is 1.55 bits per heavy atom. The van der Waals surface area contributed by atoms with E-state index in [0.717, 1.165) is 0 Å². The van der Waals surface area contributed by atoms with Crippen LogP contribution >= 0.6 is 7.82 Å². The lowest BCUT2D eigenvalue weighted by Crippen LogP contribution is -2.14. The van der Waals surface area contributed by atoms with Gasteiger partial charge in [0.1, 0.15) is 0 Å². The van der Waals surface area contributed by atoms with Crippen LogP contribution < -0.4 is 0 Å². The topological polar surface area (TPSA) is 87.0 Å². The number of alkyl halides is 1. The van der Waals surface area contributed by atoms with E-state index in [-0.39, 0.29) is 0 Å². The Balaban J connectivity index is 3.59. The SMILES string of the molecule is O=P(O)(O)OCC(CO)CF. The molecule has 0 aromatic rings. The largest absolute Gasteiger partial charge is 0.469 e. The summed E-state index contributed by atoms with van der Waals surface area (Å²) in [6.45, 7) is -1.83. The summed E-state index contributed by atoms with van der Waals surface area (Å²) < 4.78 is 25.7. The Morgan fingerprint density at radius 2 is 2.09 bits per heavy atom. The number of aliphatic hydroxyl groups is 1. The molecule has 0 spiro atoms. The van der Waals surface area contributed by atoms with Crippen LogP contribution in [-0.2, 0) is 9.09 Å². The standard InChI is InChI=1S/C4H10FO5P/c5-1-4(2-6)3-10-11(7,8)9/h4,6H,1-3H2,(H2,7,8,9). The molecule has 5 nitrogen and oxygen atoms in total. The molecule has 0 heterocycles. The minimum Gasteiger partial charge on any atom is -0.396 e. The molecule has 0 aromatic carbocycles. The number of aliphatic hydroxyl groups excluding tert-OH is 1. The van der Waals surface area contributed by atoms with Gasteiger partial charge in [0.25, 0.3) is 0 Å². The van der Waals surface area contributed by atoms with Crippen molar-refractivity contribution in [2.24, 2.45) is 5.92 Å². The zero-order valence-corrected chi connectivity index (χ0v) is 6.58. The van der Waals surface area contributed by atoms with Gasteiger partial charge in [-0.15, -0.1) is 0 Å². The Kier molecular flexibility index (Phi) is 4.79. The number of hydrogen-bond donors (Lipinski definition) is 3. The van der Waals surface area contributed by atoms with Crippen LogP contribution in [0.15, 0.2) is 0 Å². The summed E-state index contributed by atoms with van der Waals surface area (Å²) in [5.74, 6) is -0.859. The van der Waals surface area contributed by atoms with E-state index in [1.807, 2.05) is 0 Å². The predicted octanol–water partition coefficient (Wildman–Crippen LogP) is -0.326. The fraction of sp³-hybridized carbons (Fsp3) is 1.00. The monoisotopic (exact) mass is 188 g/mol. The second-order valence-electron chi connectivity index (χ2n) is 1.99. The van der Waals surface area contributed by atoms with Gasteiger partial charge in [-0.1, -0.05) is 0 Å². The molecule has 1 unspecified atom stereocenters. The number of hydrogen-bond acceptors (Lipinski definition) is 3. The number of rotatable bonds is 5. The van der Waals surface area contributed by atoms with E-state index in [0.29, 0.717) is 0 Å². The van der Waals surface area contributed by atoms with Crippen molar-refractivity contribution in [2.75, 3.05) is 19.9 Å². The first-order chi connectivity index (χ1) is 4.99. The van der Waals surface area contributed by atoms with E-state index in [9.17, 15) is 8.96 Å². The first kappa shape index (κ1) is 11.0. The predicted molar refractivity (Wildman–Crippen MR) is 34.5 cm³/mol. The van der Waals surface area contributed by atoms with Crippen LogP contribution in [0.5, 0.6) is 0 Å². The van der Waals surface area contributed by atoms with E-state index >= 15 is 0 Å². The van der Waals surface area contributed by atoms with Gasteiger partial charge in [0, 0.05) is 5.92 Å². The average Bonchev–Trinajstić information content (AvgIpc) is 1.88. The normalized spacial score (nSPS) is 14.9. The molecular weight excluding hydrogens is 178 g/mol. The van der Waals surface area contributed by atoms with Crippen molar-refractivity contribution in [2.45, 2.75) is 0 Å². The van der Waals surface area contributed by atoms with Gasteiger partial charge < -0.3 is 14.9 Å². The van der Waals surface area contributed by atoms with E-state index < -0.39 is 33.6 Å². The van der Waals surface area contributed by atoms with Crippen molar-refractivity contribution in [1.29, 1.82) is 0 Å². The lowest BCUT2D eigenvalue weighted by molar-refractivity contribution is 0.114. The third-order valence-corrected chi connectivity index (χ3v) is 1.44. The highest BCUT2D eigenvalue weighted by Gasteiger charge is 2.17. The fourth-order valence-electron chi connectivity index (χ4n) is 0.349. The molecule has 0 amide bonds. The molecule has 0 saturated carbocycles. The maximum Gasteiger partial charge on any atom is 0.469 e. The van der Waals surface area contributed by atoms with Gasteiger partial charge in [-0.25, -0.2) is 4.57 Å². The summed E-state index contributed by atoms with van der Waals surface area (Å²) in [4.78, 5) is 16.3. The minimum atomic E-state index is -4.52. The van der Waals surface area contributed by atoms with E-state index in [4.69, 9.17) is 14.9 Å². The Labute approximate surface area is 63.0 Å². The van der Waals surface area contributed by atoms with Gasteiger partial charge >= 0.3 is 7.82 Å². The lowest BCUT2D eigenvalue weighted by atomic mass is 10.2. The van der Waals surface area contributed by atoms with E-state index in [1.54, 1.807) is 0 Å². The molecule has 3 N–H and O–H groups in total. The summed E-state index contributed by atoms with van der Waals surface area (Å²) in [5, 5.41) is 8.35. The smallest absolute Gasteiger partial charge is 0.396 e. The maximum atomic E-state index is 11.7. The van der Waals surface area contributed by atoms with Crippen molar-refractivity contribution in [3.05, 3.63) is 0 Å². The molecule has 0 aliphatic heterocycles. The van der Waals surface area contributed by atoms with Gasteiger partial charge in [-0.2, -0.15) is 0 Å². The molecular formula is C4H10FO5P. The van der Waals surface area contributed by atoms with Crippen LogP contribution in [0.4, 0.5) is 4.39 Å². The number of halogens is 1. The summed E-state index contributed by atoms with van der Waals surface area (Å²) in [6, 6.07) is 0. The van der Waals surface area contributed by atoms with Gasteiger partial charge in [-0.3, -0.25) is 8.91 Å². The van der Waals surface area contributed by atoms with Crippen molar-refractivity contribution in [1.82, 2.24) is 0 Å². The minimum absolute atomic E-state index is 0.475. The Morgan fingerprint density at radius 3 is 2.36 bits per heavy atom. The average molecular weight is 188 g/mol. The third kappa shape index (κ3) is 6.40. The summed E-state index contributed by atoms with van der Waals surface area (Å²) in [6.07, 6.45) is 0. The van der Waals surface area contributed by atoms with Crippen molar-refractivity contribution < 1.29 is 28.4 Å². The van der Waals surface area contributed by atoms with Crippen molar-refractivity contribution in [3.63, 3.8) is 0 Å². The lowest BCUT2D eigenvalue weighted by Gasteiger charge is -2.10. The molecule has 0 aliphatic rings. The molecule has 7 heteroatoms. The zero-order chi connectivity index (χ0) is 8.91. The molecule has 0 aliphatic carbocycles. The molecule has 0 rings (SSSR count). The van der Waals surface area contributed by atoms with Crippen molar-refractivity contribution >= 4 is 7.82 Å². The second kappa shape index (κ2) is 4.79. The van der Waals surface area contributed by atoms with Crippen LogP contribution in [-0.4, -0.2) is 34.8 Å². The van der Waals surface area contributed by atoms with Crippen LogP contribution in [0, 0.1) is 5.92 Å². The third-order valence-electron chi connectivity index (χ3n) is 0.955. The van der Waals surface area contributed by atoms with Gasteiger partial charge in [0.15, 0.2) is 0 Å². The molecule has 0 saturated heterocycles. The first-order valence-corrected chi connectivity index (χ1v) is 4.39. The molecule has 0 radical (unpaired) electrons. The molecule has 1 atom stereocenters. The van der Waals surface area contributed by atoms with Gasteiger partial charge in [0.05, 0.1) is 19.9 Å². The van der Waals surface area contributed by atoms with Gasteiger partial charge in [-0.05, 0) is 0 Å².